The average molecular weight is 343 g/mol. The fraction of sp³-hybridized carbons (Fsp3) is 0.462. The van der Waals surface area contributed by atoms with E-state index in [9.17, 15) is 14.4 Å². The standard InChI is InChI=1S/C13H15BrN2O4/c14-9-4-5-11(17)15(7-9)8-12(18)16-6-2-1-3-10(16)13(19)20/h4-5,7,10H,1-3,6,8H2,(H,19,20)/t10-/m1/s1. The van der Waals surface area contributed by atoms with Gasteiger partial charge in [0.2, 0.25) is 5.91 Å². The molecule has 0 aromatic carbocycles. The summed E-state index contributed by atoms with van der Waals surface area (Å²) < 4.78 is 1.97. The minimum atomic E-state index is -0.986. The van der Waals surface area contributed by atoms with Crippen LogP contribution in [0.3, 0.4) is 0 Å². The second kappa shape index (κ2) is 6.21. The highest BCUT2D eigenvalue weighted by atomic mass is 79.9. The van der Waals surface area contributed by atoms with Crippen molar-refractivity contribution in [3.05, 3.63) is 33.2 Å². The number of hydrogen-bond donors (Lipinski definition) is 1. The van der Waals surface area contributed by atoms with Crippen molar-refractivity contribution < 1.29 is 14.7 Å². The largest absolute Gasteiger partial charge is 0.480 e. The Kier molecular flexibility index (Phi) is 4.59. The summed E-state index contributed by atoms with van der Waals surface area (Å²) in [6.45, 7) is 0.292. The zero-order valence-electron chi connectivity index (χ0n) is 10.8. The lowest BCUT2D eigenvalue weighted by Gasteiger charge is -2.33. The molecule has 2 rings (SSSR count). The van der Waals surface area contributed by atoms with Crippen LogP contribution >= 0.6 is 15.9 Å². The van der Waals surface area contributed by atoms with E-state index >= 15 is 0 Å². The molecule has 1 amide bonds. The molecule has 0 bridgehead atoms. The van der Waals surface area contributed by atoms with E-state index < -0.39 is 12.0 Å². The molecule has 0 saturated carbocycles. The number of pyridine rings is 1. The quantitative estimate of drug-likeness (QED) is 0.891. The van der Waals surface area contributed by atoms with Gasteiger partial charge in [-0.15, -0.1) is 0 Å². The molecule has 1 atom stereocenters. The Morgan fingerprint density at radius 1 is 1.35 bits per heavy atom. The highest BCUT2D eigenvalue weighted by molar-refractivity contribution is 9.10. The van der Waals surface area contributed by atoms with Crippen LogP contribution in [-0.4, -0.2) is 39.0 Å². The van der Waals surface area contributed by atoms with E-state index in [1.54, 1.807) is 6.07 Å². The predicted molar refractivity (Wildman–Crippen MR) is 75.4 cm³/mol. The van der Waals surface area contributed by atoms with Gasteiger partial charge in [0.25, 0.3) is 5.56 Å². The van der Waals surface area contributed by atoms with Crippen LogP contribution in [0.1, 0.15) is 19.3 Å². The third-order valence-corrected chi connectivity index (χ3v) is 3.83. The molecule has 0 unspecified atom stereocenters. The highest BCUT2D eigenvalue weighted by Gasteiger charge is 2.31. The summed E-state index contributed by atoms with van der Waals surface area (Å²) in [5.74, 6) is -1.32. The van der Waals surface area contributed by atoms with Crippen molar-refractivity contribution in [2.45, 2.75) is 31.8 Å². The number of nitrogens with zero attached hydrogens (tertiary/aromatic N) is 2. The van der Waals surface area contributed by atoms with Gasteiger partial charge in [-0.1, -0.05) is 0 Å². The van der Waals surface area contributed by atoms with Crippen molar-refractivity contribution in [2.75, 3.05) is 6.54 Å². The van der Waals surface area contributed by atoms with Crippen molar-refractivity contribution in [3.8, 4) is 0 Å². The number of likely N-dealkylation sites (tertiary alicyclic amines) is 1. The molecule has 1 aromatic rings. The van der Waals surface area contributed by atoms with Gasteiger partial charge in [0.05, 0.1) is 0 Å². The number of aliphatic carboxylic acids is 1. The molecule has 0 aliphatic carbocycles. The number of amides is 1. The second-order valence-electron chi connectivity index (χ2n) is 4.75. The lowest BCUT2D eigenvalue weighted by molar-refractivity contribution is -0.152. The van der Waals surface area contributed by atoms with E-state index in [4.69, 9.17) is 5.11 Å². The number of halogens is 1. The zero-order chi connectivity index (χ0) is 14.7. The van der Waals surface area contributed by atoms with Crippen LogP contribution in [0.2, 0.25) is 0 Å². The van der Waals surface area contributed by atoms with E-state index in [2.05, 4.69) is 15.9 Å². The van der Waals surface area contributed by atoms with E-state index in [1.165, 1.54) is 21.7 Å². The van der Waals surface area contributed by atoms with Gasteiger partial charge in [0.1, 0.15) is 12.6 Å². The maximum atomic E-state index is 12.2. The summed E-state index contributed by atoms with van der Waals surface area (Å²) in [5.41, 5.74) is -0.287. The van der Waals surface area contributed by atoms with Gasteiger partial charge in [0, 0.05) is 23.3 Å². The molecule has 20 heavy (non-hydrogen) atoms. The van der Waals surface area contributed by atoms with Crippen molar-refractivity contribution in [2.24, 2.45) is 0 Å². The first-order chi connectivity index (χ1) is 9.49. The number of piperidine rings is 1. The number of carbonyl (C=O) groups excluding carboxylic acids is 1. The maximum absolute atomic E-state index is 12.2. The molecule has 1 fully saturated rings. The Balaban J connectivity index is 2.16. The monoisotopic (exact) mass is 342 g/mol. The van der Waals surface area contributed by atoms with Crippen LogP contribution in [0.4, 0.5) is 0 Å². The summed E-state index contributed by atoms with van der Waals surface area (Å²) in [5, 5.41) is 9.15. The molecule has 1 aromatic heterocycles. The van der Waals surface area contributed by atoms with Crippen molar-refractivity contribution in [3.63, 3.8) is 0 Å². The minimum Gasteiger partial charge on any atom is -0.480 e. The molecule has 7 heteroatoms. The molecular weight excluding hydrogens is 328 g/mol. The summed E-state index contributed by atoms with van der Waals surface area (Å²) in [4.78, 5) is 36.4. The van der Waals surface area contributed by atoms with Crippen LogP contribution in [0, 0.1) is 0 Å². The number of carbonyl (C=O) groups is 2. The Bertz CT molecular complexity index is 584. The fourth-order valence-corrected chi connectivity index (χ4v) is 2.73. The first kappa shape index (κ1) is 14.8. The van der Waals surface area contributed by atoms with Gasteiger partial charge in [-0.3, -0.25) is 9.59 Å². The van der Waals surface area contributed by atoms with E-state index in [1.807, 2.05) is 0 Å². The first-order valence-corrected chi connectivity index (χ1v) is 7.16. The molecule has 0 spiro atoms. The smallest absolute Gasteiger partial charge is 0.326 e. The first-order valence-electron chi connectivity index (χ1n) is 6.37. The third-order valence-electron chi connectivity index (χ3n) is 3.36. The molecule has 1 N–H and O–H groups in total. The molecular formula is C13H15BrN2O4. The summed E-state index contributed by atoms with van der Waals surface area (Å²) in [7, 11) is 0. The predicted octanol–water partition coefficient (Wildman–Crippen LogP) is 1.08. The fourth-order valence-electron chi connectivity index (χ4n) is 2.35. The number of carboxylic acid groups (broad SMARTS) is 1. The molecule has 2 heterocycles. The zero-order valence-corrected chi connectivity index (χ0v) is 12.4. The van der Waals surface area contributed by atoms with E-state index in [0.717, 1.165) is 12.8 Å². The molecule has 1 saturated heterocycles. The van der Waals surface area contributed by atoms with Gasteiger partial charge >= 0.3 is 5.97 Å². The molecule has 108 valence electrons. The number of aromatic nitrogens is 1. The summed E-state index contributed by atoms with van der Waals surface area (Å²) in [6.07, 6.45) is 3.59. The van der Waals surface area contributed by atoms with E-state index in [0.29, 0.717) is 17.4 Å². The van der Waals surface area contributed by atoms with Crippen LogP contribution in [0.5, 0.6) is 0 Å². The Labute approximate surface area is 124 Å². The van der Waals surface area contributed by atoms with Gasteiger partial charge < -0.3 is 14.6 Å². The van der Waals surface area contributed by atoms with Gasteiger partial charge in [-0.2, -0.15) is 0 Å². The van der Waals surface area contributed by atoms with Crippen LogP contribution in [0.15, 0.2) is 27.6 Å². The molecule has 0 radical (unpaired) electrons. The molecule has 1 aliphatic rings. The van der Waals surface area contributed by atoms with Crippen molar-refractivity contribution in [1.29, 1.82) is 0 Å². The topological polar surface area (TPSA) is 79.6 Å². The van der Waals surface area contributed by atoms with Crippen molar-refractivity contribution in [1.82, 2.24) is 9.47 Å². The molecule has 6 nitrogen and oxygen atoms in total. The molecule has 1 aliphatic heterocycles. The van der Waals surface area contributed by atoms with Gasteiger partial charge in [0.15, 0.2) is 0 Å². The van der Waals surface area contributed by atoms with Crippen LogP contribution < -0.4 is 5.56 Å². The minimum absolute atomic E-state index is 0.137. The lowest BCUT2D eigenvalue weighted by atomic mass is 10.0. The Morgan fingerprint density at radius 2 is 2.10 bits per heavy atom. The number of hydrogen-bond acceptors (Lipinski definition) is 3. The van der Waals surface area contributed by atoms with Crippen LogP contribution in [0.25, 0.3) is 0 Å². The maximum Gasteiger partial charge on any atom is 0.326 e. The highest BCUT2D eigenvalue weighted by Crippen LogP contribution is 2.17. The van der Waals surface area contributed by atoms with Crippen LogP contribution in [-0.2, 0) is 16.1 Å². The van der Waals surface area contributed by atoms with Crippen molar-refractivity contribution >= 4 is 27.8 Å². The number of rotatable bonds is 3. The third kappa shape index (κ3) is 3.27. The summed E-state index contributed by atoms with van der Waals surface area (Å²) >= 11 is 3.24. The second-order valence-corrected chi connectivity index (χ2v) is 5.67. The van der Waals surface area contributed by atoms with E-state index in [-0.39, 0.29) is 18.0 Å². The Morgan fingerprint density at radius 3 is 2.80 bits per heavy atom. The van der Waals surface area contributed by atoms with Gasteiger partial charge in [-0.05, 0) is 41.3 Å². The Hall–Kier alpha value is -1.63. The lowest BCUT2D eigenvalue weighted by Crippen LogP contribution is -2.49. The average Bonchev–Trinajstić information content (AvgIpc) is 2.42. The SMILES string of the molecule is O=C(O)[C@H]1CCCCN1C(=O)Cn1cc(Br)ccc1=O. The normalized spacial score (nSPS) is 18.9. The van der Waals surface area contributed by atoms with Gasteiger partial charge in [-0.25, -0.2) is 4.79 Å². The summed E-state index contributed by atoms with van der Waals surface area (Å²) in [6, 6.07) is 2.19. The number of carboxylic acids is 1.